The summed E-state index contributed by atoms with van der Waals surface area (Å²) in [6.45, 7) is 3.83. The number of hydrogen-bond acceptors (Lipinski definition) is 6. The van der Waals surface area contributed by atoms with E-state index in [4.69, 9.17) is 0 Å². The van der Waals surface area contributed by atoms with Crippen LogP contribution >= 0.6 is 0 Å². The van der Waals surface area contributed by atoms with Crippen LogP contribution < -0.4 is 10.0 Å². The Balaban J connectivity index is 1.95. The highest BCUT2D eigenvalue weighted by atomic mass is 32.2. The molecule has 0 spiro atoms. The summed E-state index contributed by atoms with van der Waals surface area (Å²) in [4.78, 5) is 49.0. The van der Waals surface area contributed by atoms with Crippen LogP contribution in [0.5, 0.6) is 0 Å². The van der Waals surface area contributed by atoms with Gasteiger partial charge in [-0.3, -0.25) is 19.3 Å². The molecule has 1 aliphatic heterocycles. The highest BCUT2D eigenvalue weighted by molar-refractivity contribution is 7.89. The minimum atomic E-state index is -3.86. The Kier molecular flexibility index (Phi) is 10.2. The van der Waals surface area contributed by atoms with Crippen LogP contribution in [0.15, 0.2) is 30.3 Å². The molecular weight excluding hydrogens is 462 g/mol. The maximum absolute atomic E-state index is 12.9. The number of unbranched alkanes of at least 4 members (excludes halogenated alkanes) is 1. The Labute approximate surface area is 200 Å². The number of carboxylic acid groups (broad SMARTS) is 1. The zero-order chi connectivity index (χ0) is 25.3. The number of benzene rings is 1. The molecule has 2 atom stereocenters. The lowest BCUT2D eigenvalue weighted by Gasteiger charge is -2.23. The molecule has 1 fully saturated rings. The third kappa shape index (κ3) is 8.86. The molecule has 1 aromatic rings. The molecule has 0 aromatic heterocycles. The number of rotatable bonds is 14. The molecule has 0 bridgehead atoms. The van der Waals surface area contributed by atoms with Crippen molar-refractivity contribution >= 4 is 33.7 Å². The van der Waals surface area contributed by atoms with Crippen molar-refractivity contribution in [2.75, 3.05) is 12.3 Å². The first kappa shape index (κ1) is 27.5. The summed E-state index contributed by atoms with van der Waals surface area (Å²) in [5.74, 6) is -2.71. The Morgan fingerprint density at radius 3 is 2.21 bits per heavy atom. The van der Waals surface area contributed by atoms with Gasteiger partial charge in [0.25, 0.3) is 0 Å². The van der Waals surface area contributed by atoms with Gasteiger partial charge in [0.2, 0.25) is 27.7 Å². The maximum atomic E-state index is 12.9. The lowest BCUT2D eigenvalue weighted by atomic mass is 10.0. The molecule has 1 saturated heterocycles. The third-order valence-electron chi connectivity index (χ3n) is 5.44. The van der Waals surface area contributed by atoms with Crippen molar-refractivity contribution in [1.29, 1.82) is 0 Å². The summed E-state index contributed by atoms with van der Waals surface area (Å²) in [7, 11) is -3.86. The van der Waals surface area contributed by atoms with E-state index in [1.165, 1.54) is 0 Å². The van der Waals surface area contributed by atoms with Gasteiger partial charge in [0.15, 0.2) is 0 Å². The average Bonchev–Trinajstić information content (AvgIpc) is 3.07. The second kappa shape index (κ2) is 12.6. The molecule has 0 radical (unpaired) electrons. The van der Waals surface area contributed by atoms with Gasteiger partial charge in [0.05, 0.1) is 5.75 Å². The molecule has 3 N–H and O–H groups in total. The van der Waals surface area contributed by atoms with Crippen molar-refractivity contribution in [2.24, 2.45) is 5.92 Å². The first-order valence-corrected chi connectivity index (χ1v) is 13.0. The molecule has 0 aliphatic carbocycles. The monoisotopic (exact) mass is 495 g/mol. The van der Waals surface area contributed by atoms with E-state index in [1.807, 2.05) is 13.8 Å². The summed E-state index contributed by atoms with van der Waals surface area (Å²) in [6.07, 6.45) is 1.17. The van der Waals surface area contributed by atoms with Crippen molar-refractivity contribution in [2.45, 2.75) is 64.5 Å². The minimum absolute atomic E-state index is 0.0250. The zero-order valence-electron chi connectivity index (χ0n) is 19.5. The first-order valence-electron chi connectivity index (χ1n) is 11.4. The molecular formula is C23H33N3O7S. The smallest absolute Gasteiger partial charge is 0.326 e. The highest BCUT2D eigenvalue weighted by Crippen LogP contribution is 2.13. The first-order chi connectivity index (χ1) is 16.0. The number of nitrogens with zero attached hydrogens (tertiary/aromatic N) is 1. The number of aliphatic carboxylic acids is 1. The van der Waals surface area contributed by atoms with Gasteiger partial charge >= 0.3 is 5.97 Å². The topological polar surface area (TPSA) is 150 Å². The Morgan fingerprint density at radius 2 is 1.65 bits per heavy atom. The number of carbonyl (C=O) groups excluding carboxylic acids is 3. The SMILES string of the molecule is CC(C)C[C@H](NS(=O)(=O)CCCCN1C(=O)CCC1=O)C(=O)N[C@@H](Cc1ccccc1)C(=O)O. The van der Waals surface area contributed by atoms with Crippen LogP contribution in [0.1, 0.15) is 51.5 Å². The second-order valence-corrected chi connectivity index (χ2v) is 10.7. The van der Waals surface area contributed by atoms with Crippen LogP contribution in [0.3, 0.4) is 0 Å². The predicted octanol–water partition coefficient (Wildman–Crippen LogP) is 1.06. The number of likely N-dealkylation sites (tertiary alicyclic amines) is 1. The van der Waals surface area contributed by atoms with Crippen LogP contribution in [0.2, 0.25) is 0 Å². The average molecular weight is 496 g/mol. The number of sulfonamides is 1. The summed E-state index contributed by atoms with van der Waals surface area (Å²) < 4.78 is 27.6. The standard InChI is InChI=1S/C23H33N3O7S/c1-16(2)14-18(22(29)24-19(23(30)31)15-17-8-4-3-5-9-17)25-34(32,33)13-7-6-12-26-20(27)10-11-21(26)28/h3-5,8-9,16,18-19,25H,6-7,10-15H2,1-2H3,(H,24,29)(H,30,31)/t18-,19-/m0/s1. The Bertz CT molecular complexity index is 964. The molecule has 1 aromatic carbocycles. The number of imide groups is 1. The largest absolute Gasteiger partial charge is 0.480 e. The second-order valence-electron chi connectivity index (χ2n) is 8.85. The van der Waals surface area contributed by atoms with E-state index in [0.29, 0.717) is 6.42 Å². The molecule has 188 valence electrons. The summed E-state index contributed by atoms with van der Waals surface area (Å²) in [5.41, 5.74) is 0.728. The van der Waals surface area contributed by atoms with Gasteiger partial charge in [-0.25, -0.2) is 17.9 Å². The number of amides is 3. The van der Waals surface area contributed by atoms with E-state index in [0.717, 1.165) is 10.5 Å². The predicted molar refractivity (Wildman–Crippen MR) is 125 cm³/mol. The molecule has 34 heavy (non-hydrogen) atoms. The number of carbonyl (C=O) groups is 4. The quantitative estimate of drug-likeness (QED) is 0.258. The van der Waals surface area contributed by atoms with Gasteiger partial charge in [0.1, 0.15) is 12.1 Å². The van der Waals surface area contributed by atoms with E-state index >= 15 is 0 Å². The fourth-order valence-electron chi connectivity index (χ4n) is 3.71. The van der Waals surface area contributed by atoms with Gasteiger partial charge in [-0.1, -0.05) is 44.2 Å². The third-order valence-corrected chi connectivity index (χ3v) is 6.91. The van der Waals surface area contributed by atoms with Crippen LogP contribution in [-0.2, 0) is 35.6 Å². The van der Waals surface area contributed by atoms with Crippen molar-refractivity contribution in [1.82, 2.24) is 14.9 Å². The highest BCUT2D eigenvalue weighted by Gasteiger charge is 2.30. The summed E-state index contributed by atoms with van der Waals surface area (Å²) in [5, 5.41) is 12.0. The van der Waals surface area contributed by atoms with Crippen molar-refractivity contribution in [3.8, 4) is 0 Å². The van der Waals surface area contributed by atoms with E-state index in [2.05, 4.69) is 10.0 Å². The Hall–Kier alpha value is -2.79. The van der Waals surface area contributed by atoms with E-state index in [9.17, 15) is 32.7 Å². The maximum Gasteiger partial charge on any atom is 0.326 e. The van der Waals surface area contributed by atoms with Crippen LogP contribution in [-0.4, -0.2) is 66.5 Å². The number of carboxylic acids is 1. The molecule has 1 heterocycles. The van der Waals surface area contributed by atoms with Gasteiger partial charge in [-0.05, 0) is 30.7 Å². The van der Waals surface area contributed by atoms with Crippen molar-refractivity contribution < 1.29 is 32.7 Å². The zero-order valence-corrected chi connectivity index (χ0v) is 20.3. The lowest BCUT2D eigenvalue weighted by Crippen LogP contribution is -2.52. The van der Waals surface area contributed by atoms with Crippen LogP contribution in [0.4, 0.5) is 0 Å². The van der Waals surface area contributed by atoms with E-state index in [1.54, 1.807) is 30.3 Å². The molecule has 3 amide bonds. The summed E-state index contributed by atoms with van der Waals surface area (Å²) >= 11 is 0. The number of nitrogens with one attached hydrogen (secondary N) is 2. The van der Waals surface area contributed by atoms with Gasteiger partial charge in [-0.15, -0.1) is 0 Å². The molecule has 2 rings (SSSR count). The molecule has 10 nitrogen and oxygen atoms in total. The van der Waals surface area contributed by atoms with Crippen molar-refractivity contribution in [3.05, 3.63) is 35.9 Å². The van der Waals surface area contributed by atoms with Gasteiger partial charge < -0.3 is 10.4 Å². The fraction of sp³-hybridized carbons (Fsp3) is 0.565. The van der Waals surface area contributed by atoms with Gasteiger partial charge in [0, 0.05) is 25.8 Å². The molecule has 0 saturated carbocycles. The minimum Gasteiger partial charge on any atom is -0.480 e. The van der Waals surface area contributed by atoms with Crippen LogP contribution in [0.25, 0.3) is 0 Å². The normalized spacial score (nSPS) is 16.0. The molecule has 11 heteroatoms. The van der Waals surface area contributed by atoms with Crippen molar-refractivity contribution in [3.63, 3.8) is 0 Å². The van der Waals surface area contributed by atoms with E-state index in [-0.39, 0.29) is 62.1 Å². The Morgan fingerprint density at radius 1 is 1.03 bits per heavy atom. The molecule has 1 aliphatic rings. The fourth-order valence-corrected chi connectivity index (χ4v) is 5.05. The molecule has 0 unspecified atom stereocenters. The van der Waals surface area contributed by atoms with Gasteiger partial charge in [-0.2, -0.15) is 0 Å². The van der Waals surface area contributed by atoms with E-state index < -0.39 is 34.0 Å². The summed E-state index contributed by atoms with van der Waals surface area (Å²) in [6, 6.07) is 6.50. The number of hydrogen-bond donors (Lipinski definition) is 3. The van der Waals surface area contributed by atoms with Crippen LogP contribution in [0, 0.1) is 5.92 Å². The lowest BCUT2D eigenvalue weighted by molar-refractivity contribution is -0.142.